The predicted molar refractivity (Wildman–Crippen MR) is 134 cm³/mol. The summed E-state index contributed by atoms with van der Waals surface area (Å²) in [7, 11) is 0. The first-order valence-corrected chi connectivity index (χ1v) is 11.6. The molecule has 2 amide bonds. The second kappa shape index (κ2) is 11.5. The van der Waals surface area contributed by atoms with E-state index in [1.54, 1.807) is 4.90 Å². The van der Waals surface area contributed by atoms with Crippen LogP contribution in [0.5, 0.6) is 0 Å². The summed E-state index contributed by atoms with van der Waals surface area (Å²) < 4.78 is 0. The minimum absolute atomic E-state index is 0.0459. The van der Waals surface area contributed by atoms with Gasteiger partial charge in [-0.15, -0.1) is 0 Å². The molecule has 0 aromatic heterocycles. The van der Waals surface area contributed by atoms with Gasteiger partial charge in [0.25, 0.3) is 0 Å². The van der Waals surface area contributed by atoms with Crippen LogP contribution in [0.4, 0.5) is 0 Å². The van der Waals surface area contributed by atoms with Crippen LogP contribution < -0.4 is 5.32 Å². The van der Waals surface area contributed by atoms with Crippen molar-refractivity contribution in [3.63, 3.8) is 0 Å². The Morgan fingerprint density at radius 3 is 2.12 bits per heavy atom. The van der Waals surface area contributed by atoms with E-state index in [1.165, 1.54) is 0 Å². The van der Waals surface area contributed by atoms with E-state index in [2.05, 4.69) is 23.5 Å². The first kappa shape index (κ1) is 24.2. The summed E-state index contributed by atoms with van der Waals surface area (Å²) in [6.45, 7) is 8.94. The average molecular weight is 443 g/mol. The van der Waals surface area contributed by atoms with Gasteiger partial charge in [-0.05, 0) is 49.9 Å². The monoisotopic (exact) mass is 442 g/mol. The van der Waals surface area contributed by atoms with Gasteiger partial charge < -0.3 is 10.2 Å². The molecule has 1 atom stereocenters. The fourth-order valence-corrected chi connectivity index (χ4v) is 4.26. The highest BCUT2D eigenvalue weighted by Gasteiger charge is 2.30. The van der Waals surface area contributed by atoms with Gasteiger partial charge in [-0.1, -0.05) is 83.9 Å². The molecular weight excluding hydrogens is 408 g/mol. The molecule has 1 N–H and O–H groups in total. The second-order valence-electron chi connectivity index (χ2n) is 8.72. The SMILES string of the molecule is CCNC(=O)C(Cc1ccccc1)N(Cc1ccccc1C)C(=O)Cc1cc(C)cc(C)c1. The van der Waals surface area contributed by atoms with Crippen molar-refractivity contribution >= 4 is 11.8 Å². The standard InChI is InChI=1S/C29H34N2O2/c1-5-30-29(33)27(18-24-12-7-6-8-13-24)31(20-26-14-10-9-11-23(26)4)28(32)19-25-16-21(2)15-22(3)17-25/h6-17,27H,5,18-20H2,1-4H3,(H,30,33). The third kappa shape index (κ3) is 6.79. The van der Waals surface area contributed by atoms with Gasteiger partial charge >= 0.3 is 0 Å². The molecule has 3 rings (SSSR count). The molecule has 0 bridgehead atoms. The number of hydrogen-bond donors (Lipinski definition) is 1. The fraction of sp³-hybridized carbons (Fsp3) is 0.310. The molecule has 0 fully saturated rings. The molecule has 0 aliphatic heterocycles. The quantitative estimate of drug-likeness (QED) is 0.511. The molecule has 0 saturated heterocycles. The van der Waals surface area contributed by atoms with Gasteiger partial charge in [0.05, 0.1) is 6.42 Å². The molecule has 33 heavy (non-hydrogen) atoms. The Morgan fingerprint density at radius 2 is 1.48 bits per heavy atom. The topological polar surface area (TPSA) is 49.4 Å². The summed E-state index contributed by atoms with van der Waals surface area (Å²) in [6, 6.07) is 23.6. The zero-order chi connectivity index (χ0) is 23.8. The third-order valence-electron chi connectivity index (χ3n) is 5.86. The van der Waals surface area contributed by atoms with Gasteiger partial charge in [-0.3, -0.25) is 9.59 Å². The Morgan fingerprint density at radius 1 is 0.848 bits per heavy atom. The van der Waals surface area contributed by atoms with Crippen molar-refractivity contribution in [2.45, 2.75) is 53.1 Å². The van der Waals surface area contributed by atoms with E-state index in [4.69, 9.17) is 0 Å². The molecule has 0 saturated carbocycles. The summed E-state index contributed by atoms with van der Waals surface area (Å²) in [4.78, 5) is 28.7. The summed E-state index contributed by atoms with van der Waals surface area (Å²) >= 11 is 0. The molecular formula is C29H34N2O2. The summed E-state index contributed by atoms with van der Waals surface area (Å²) in [5, 5.41) is 2.95. The number of amides is 2. The maximum Gasteiger partial charge on any atom is 0.243 e. The number of aryl methyl sites for hydroxylation is 3. The van der Waals surface area contributed by atoms with Gasteiger partial charge in [0.15, 0.2) is 0 Å². The first-order chi connectivity index (χ1) is 15.9. The highest BCUT2D eigenvalue weighted by atomic mass is 16.2. The van der Waals surface area contributed by atoms with Crippen molar-refractivity contribution < 1.29 is 9.59 Å². The largest absolute Gasteiger partial charge is 0.355 e. The summed E-state index contributed by atoms with van der Waals surface area (Å²) in [5.74, 6) is -0.167. The van der Waals surface area contributed by atoms with Crippen LogP contribution in [0.15, 0.2) is 72.8 Å². The lowest BCUT2D eigenvalue weighted by Gasteiger charge is -2.32. The Labute approximate surface area is 197 Å². The van der Waals surface area contributed by atoms with Crippen molar-refractivity contribution in [2.75, 3.05) is 6.54 Å². The van der Waals surface area contributed by atoms with Gasteiger partial charge in [0.1, 0.15) is 6.04 Å². The Bertz CT molecular complexity index is 1070. The number of carbonyl (C=O) groups excluding carboxylic acids is 2. The third-order valence-corrected chi connectivity index (χ3v) is 5.86. The number of rotatable bonds is 9. The van der Waals surface area contributed by atoms with Crippen molar-refractivity contribution in [3.05, 3.63) is 106 Å². The van der Waals surface area contributed by atoms with Crippen molar-refractivity contribution in [3.8, 4) is 0 Å². The smallest absolute Gasteiger partial charge is 0.243 e. The van der Waals surface area contributed by atoms with E-state index in [0.29, 0.717) is 19.5 Å². The van der Waals surface area contributed by atoms with E-state index >= 15 is 0 Å². The van der Waals surface area contributed by atoms with E-state index in [0.717, 1.165) is 33.4 Å². The molecule has 4 nitrogen and oxygen atoms in total. The van der Waals surface area contributed by atoms with E-state index in [9.17, 15) is 9.59 Å². The summed E-state index contributed by atoms with van der Waals surface area (Å²) in [5.41, 5.74) is 6.43. The number of nitrogens with one attached hydrogen (secondary N) is 1. The molecule has 4 heteroatoms. The van der Waals surface area contributed by atoms with Crippen LogP contribution in [0.25, 0.3) is 0 Å². The lowest BCUT2D eigenvalue weighted by molar-refractivity contribution is -0.140. The minimum Gasteiger partial charge on any atom is -0.355 e. The maximum atomic E-state index is 13.7. The number of hydrogen-bond acceptors (Lipinski definition) is 2. The van der Waals surface area contributed by atoms with Crippen LogP contribution >= 0.6 is 0 Å². The number of carbonyl (C=O) groups is 2. The molecule has 0 spiro atoms. The summed E-state index contributed by atoms with van der Waals surface area (Å²) in [6.07, 6.45) is 0.732. The number of likely N-dealkylation sites (N-methyl/N-ethyl adjacent to an activating group) is 1. The van der Waals surface area contributed by atoms with Crippen LogP contribution in [0.2, 0.25) is 0 Å². The molecule has 0 aliphatic rings. The molecule has 3 aromatic carbocycles. The minimum atomic E-state index is -0.592. The average Bonchev–Trinajstić information content (AvgIpc) is 2.77. The van der Waals surface area contributed by atoms with Crippen LogP contribution in [0, 0.1) is 20.8 Å². The lowest BCUT2D eigenvalue weighted by Crippen LogP contribution is -2.51. The predicted octanol–water partition coefficient (Wildman–Crippen LogP) is 4.93. The zero-order valence-electron chi connectivity index (χ0n) is 20.1. The molecule has 3 aromatic rings. The molecule has 172 valence electrons. The van der Waals surface area contributed by atoms with Gasteiger partial charge in [-0.25, -0.2) is 0 Å². The Hall–Kier alpha value is -3.40. The number of benzene rings is 3. The molecule has 1 unspecified atom stereocenters. The first-order valence-electron chi connectivity index (χ1n) is 11.6. The molecule has 0 radical (unpaired) electrons. The van der Waals surface area contributed by atoms with E-state index in [-0.39, 0.29) is 18.2 Å². The van der Waals surface area contributed by atoms with Gasteiger partial charge in [0.2, 0.25) is 11.8 Å². The molecule has 0 aliphatic carbocycles. The van der Waals surface area contributed by atoms with E-state index in [1.807, 2.05) is 82.3 Å². The highest BCUT2D eigenvalue weighted by Crippen LogP contribution is 2.19. The van der Waals surface area contributed by atoms with E-state index < -0.39 is 6.04 Å². The van der Waals surface area contributed by atoms with Crippen LogP contribution in [0.3, 0.4) is 0 Å². The van der Waals surface area contributed by atoms with Crippen molar-refractivity contribution in [1.29, 1.82) is 0 Å². The Balaban J connectivity index is 1.98. The normalized spacial score (nSPS) is 11.6. The van der Waals surface area contributed by atoms with Gasteiger partial charge in [-0.2, -0.15) is 0 Å². The lowest BCUT2D eigenvalue weighted by atomic mass is 9.99. The second-order valence-corrected chi connectivity index (χ2v) is 8.72. The van der Waals surface area contributed by atoms with Gasteiger partial charge in [0, 0.05) is 19.5 Å². The Kier molecular flexibility index (Phi) is 8.42. The van der Waals surface area contributed by atoms with Crippen molar-refractivity contribution in [2.24, 2.45) is 0 Å². The maximum absolute atomic E-state index is 13.7. The van der Waals surface area contributed by atoms with Crippen LogP contribution in [0.1, 0.15) is 40.3 Å². The van der Waals surface area contributed by atoms with Crippen molar-refractivity contribution in [1.82, 2.24) is 10.2 Å². The van der Waals surface area contributed by atoms with Crippen LogP contribution in [-0.4, -0.2) is 29.3 Å². The highest BCUT2D eigenvalue weighted by molar-refractivity contribution is 5.88. The zero-order valence-corrected chi connectivity index (χ0v) is 20.1. The van der Waals surface area contributed by atoms with Crippen LogP contribution in [-0.2, 0) is 29.0 Å². The fourth-order valence-electron chi connectivity index (χ4n) is 4.26. The number of nitrogens with zero attached hydrogens (tertiary/aromatic N) is 1. The molecule has 0 heterocycles.